The standard InChI is InChI=1S/C9H8BrNOS/c1-5-2-6(10)9-7(3-5)11-8(13)4-12-9/h2-3H,4H2,1H3,(H,11,13). The Labute approximate surface area is 90.4 Å². The number of thiocarbonyl (C=S) groups is 1. The van der Waals surface area contributed by atoms with E-state index in [1.165, 1.54) is 5.56 Å². The third-order valence-corrected chi connectivity index (χ3v) is 2.62. The van der Waals surface area contributed by atoms with Gasteiger partial charge in [-0.05, 0) is 40.5 Å². The van der Waals surface area contributed by atoms with Gasteiger partial charge in [0, 0.05) is 0 Å². The molecule has 2 rings (SSSR count). The van der Waals surface area contributed by atoms with Crippen molar-refractivity contribution in [3.63, 3.8) is 0 Å². The number of anilines is 1. The molecule has 1 N–H and O–H groups in total. The first-order chi connectivity index (χ1) is 6.16. The monoisotopic (exact) mass is 257 g/mol. The van der Waals surface area contributed by atoms with Gasteiger partial charge in [0.15, 0.2) is 5.75 Å². The molecule has 1 aromatic carbocycles. The van der Waals surface area contributed by atoms with Crippen LogP contribution in [0.3, 0.4) is 0 Å². The Morgan fingerprint density at radius 1 is 1.54 bits per heavy atom. The van der Waals surface area contributed by atoms with Gasteiger partial charge in [0.1, 0.15) is 11.6 Å². The molecule has 0 aromatic heterocycles. The molecule has 1 heterocycles. The van der Waals surface area contributed by atoms with E-state index in [9.17, 15) is 0 Å². The Kier molecular flexibility index (Phi) is 2.26. The Bertz CT molecular complexity index is 378. The lowest BCUT2D eigenvalue weighted by Crippen LogP contribution is -2.23. The molecule has 0 spiro atoms. The fourth-order valence-corrected chi connectivity index (χ4v) is 2.15. The second kappa shape index (κ2) is 3.27. The Morgan fingerprint density at radius 2 is 2.31 bits per heavy atom. The average Bonchev–Trinajstić information content (AvgIpc) is 2.02. The molecule has 0 amide bonds. The number of rotatable bonds is 0. The summed E-state index contributed by atoms with van der Waals surface area (Å²) in [5, 5.41) is 3.12. The minimum atomic E-state index is 0.462. The molecule has 1 aliphatic rings. The first kappa shape index (κ1) is 8.97. The first-order valence-electron chi connectivity index (χ1n) is 3.89. The van der Waals surface area contributed by atoms with E-state index in [-0.39, 0.29) is 0 Å². The van der Waals surface area contributed by atoms with E-state index in [0.29, 0.717) is 6.61 Å². The molecule has 0 saturated heterocycles. The molecule has 0 atom stereocenters. The van der Waals surface area contributed by atoms with Crippen LogP contribution >= 0.6 is 28.1 Å². The summed E-state index contributed by atoms with van der Waals surface area (Å²) in [7, 11) is 0. The summed E-state index contributed by atoms with van der Waals surface area (Å²) in [5.74, 6) is 0.846. The largest absolute Gasteiger partial charge is 0.483 e. The van der Waals surface area contributed by atoms with Crippen molar-refractivity contribution in [2.75, 3.05) is 11.9 Å². The van der Waals surface area contributed by atoms with Crippen molar-refractivity contribution in [2.45, 2.75) is 6.92 Å². The first-order valence-corrected chi connectivity index (χ1v) is 5.10. The van der Waals surface area contributed by atoms with Gasteiger partial charge in [0.25, 0.3) is 0 Å². The number of benzene rings is 1. The lowest BCUT2D eigenvalue weighted by Gasteiger charge is -2.21. The Balaban J connectivity index is 2.53. The van der Waals surface area contributed by atoms with Crippen LogP contribution < -0.4 is 10.1 Å². The molecule has 0 fully saturated rings. The third kappa shape index (κ3) is 1.69. The average molecular weight is 258 g/mol. The molecular formula is C9H8BrNOS. The highest BCUT2D eigenvalue weighted by Gasteiger charge is 2.16. The van der Waals surface area contributed by atoms with Crippen molar-refractivity contribution in [2.24, 2.45) is 0 Å². The van der Waals surface area contributed by atoms with Crippen LogP contribution in [0, 0.1) is 6.92 Å². The number of fused-ring (bicyclic) bond motifs is 1. The van der Waals surface area contributed by atoms with Crippen LogP contribution in [0.25, 0.3) is 0 Å². The summed E-state index contributed by atoms with van der Waals surface area (Å²) in [5.41, 5.74) is 2.12. The molecular weight excluding hydrogens is 250 g/mol. The molecule has 0 radical (unpaired) electrons. The fraction of sp³-hybridized carbons (Fsp3) is 0.222. The number of hydrogen-bond donors (Lipinski definition) is 1. The van der Waals surface area contributed by atoms with Gasteiger partial charge in [-0.15, -0.1) is 0 Å². The highest BCUT2D eigenvalue weighted by molar-refractivity contribution is 9.10. The molecule has 13 heavy (non-hydrogen) atoms. The van der Waals surface area contributed by atoms with Gasteiger partial charge in [-0.2, -0.15) is 0 Å². The second-order valence-electron chi connectivity index (χ2n) is 2.96. The van der Waals surface area contributed by atoms with Gasteiger partial charge >= 0.3 is 0 Å². The quantitative estimate of drug-likeness (QED) is 0.723. The number of nitrogens with one attached hydrogen (secondary N) is 1. The molecule has 0 bridgehead atoms. The van der Waals surface area contributed by atoms with Crippen LogP contribution in [0.5, 0.6) is 5.75 Å². The molecule has 0 unspecified atom stereocenters. The summed E-state index contributed by atoms with van der Waals surface area (Å²) in [6.07, 6.45) is 0. The maximum Gasteiger partial charge on any atom is 0.157 e. The minimum Gasteiger partial charge on any atom is -0.483 e. The van der Waals surface area contributed by atoms with E-state index in [1.807, 2.05) is 19.1 Å². The van der Waals surface area contributed by atoms with E-state index in [2.05, 4.69) is 21.2 Å². The lowest BCUT2D eigenvalue weighted by atomic mass is 10.2. The van der Waals surface area contributed by atoms with Gasteiger partial charge in [-0.1, -0.05) is 12.2 Å². The predicted octanol–water partition coefficient (Wildman–Crippen LogP) is 2.89. The smallest absolute Gasteiger partial charge is 0.157 e. The van der Waals surface area contributed by atoms with Gasteiger partial charge in [0.2, 0.25) is 0 Å². The van der Waals surface area contributed by atoms with E-state index in [0.717, 1.165) is 20.9 Å². The highest BCUT2D eigenvalue weighted by Crippen LogP contribution is 2.36. The fourth-order valence-electron chi connectivity index (χ4n) is 1.29. The van der Waals surface area contributed by atoms with E-state index in [1.54, 1.807) is 0 Å². The van der Waals surface area contributed by atoms with E-state index >= 15 is 0 Å². The summed E-state index contributed by atoms with van der Waals surface area (Å²) >= 11 is 8.46. The van der Waals surface area contributed by atoms with Crippen LogP contribution in [-0.2, 0) is 0 Å². The zero-order valence-electron chi connectivity index (χ0n) is 7.06. The van der Waals surface area contributed by atoms with Crippen molar-refractivity contribution in [1.29, 1.82) is 0 Å². The topological polar surface area (TPSA) is 21.3 Å². The molecule has 0 saturated carbocycles. The van der Waals surface area contributed by atoms with E-state index in [4.69, 9.17) is 17.0 Å². The summed E-state index contributed by atoms with van der Waals surface area (Å²) in [6, 6.07) is 4.04. The SMILES string of the molecule is Cc1cc(Br)c2c(c1)NC(=S)CO2. The molecule has 68 valence electrons. The van der Waals surface area contributed by atoms with Crippen molar-refractivity contribution < 1.29 is 4.74 Å². The zero-order chi connectivity index (χ0) is 9.42. The van der Waals surface area contributed by atoms with Gasteiger partial charge < -0.3 is 10.1 Å². The maximum absolute atomic E-state index is 5.47. The van der Waals surface area contributed by atoms with Crippen molar-refractivity contribution in [3.8, 4) is 5.75 Å². The Morgan fingerprint density at radius 3 is 3.08 bits per heavy atom. The van der Waals surface area contributed by atoms with Gasteiger partial charge in [0.05, 0.1) is 10.2 Å². The van der Waals surface area contributed by atoms with Crippen LogP contribution in [-0.4, -0.2) is 11.6 Å². The van der Waals surface area contributed by atoms with Crippen LogP contribution in [0.1, 0.15) is 5.56 Å². The van der Waals surface area contributed by atoms with Crippen molar-refractivity contribution in [3.05, 3.63) is 22.2 Å². The minimum absolute atomic E-state index is 0.462. The second-order valence-corrected chi connectivity index (χ2v) is 4.31. The molecule has 1 aromatic rings. The molecule has 1 aliphatic heterocycles. The molecule has 2 nitrogen and oxygen atoms in total. The normalized spacial score (nSPS) is 14.5. The number of aryl methyl sites for hydroxylation is 1. The zero-order valence-corrected chi connectivity index (χ0v) is 9.46. The summed E-state index contributed by atoms with van der Waals surface area (Å²) < 4.78 is 6.44. The van der Waals surface area contributed by atoms with Crippen molar-refractivity contribution >= 4 is 38.8 Å². The van der Waals surface area contributed by atoms with Crippen LogP contribution in [0.2, 0.25) is 0 Å². The van der Waals surface area contributed by atoms with Gasteiger partial charge in [-0.25, -0.2) is 0 Å². The maximum atomic E-state index is 5.47. The third-order valence-electron chi connectivity index (χ3n) is 1.81. The summed E-state index contributed by atoms with van der Waals surface area (Å²) in [6.45, 7) is 2.49. The highest BCUT2D eigenvalue weighted by atomic mass is 79.9. The van der Waals surface area contributed by atoms with E-state index < -0.39 is 0 Å². The lowest BCUT2D eigenvalue weighted by molar-refractivity contribution is 0.372. The predicted molar refractivity (Wildman–Crippen MR) is 60.6 cm³/mol. The molecule has 0 aliphatic carbocycles. The summed E-state index contributed by atoms with van der Waals surface area (Å²) in [4.78, 5) is 0.727. The number of ether oxygens (including phenoxy) is 1. The number of halogens is 1. The van der Waals surface area contributed by atoms with Gasteiger partial charge in [-0.3, -0.25) is 0 Å². The number of hydrogen-bond acceptors (Lipinski definition) is 2. The Hall–Kier alpha value is -0.610. The van der Waals surface area contributed by atoms with Crippen LogP contribution in [0.4, 0.5) is 5.69 Å². The van der Waals surface area contributed by atoms with Crippen molar-refractivity contribution in [1.82, 2.24) is 0 Å². The molecule has 4 heteroatoms. The van der Waals surface area contributed by atoms with Crippen LogP contribution in [0.15, 0.2) is 16.6 Å².